The molecule has 0 bridgehead atoms. The van der Waals surface area contributed by atoms with E-state index in [1.165, 1.54) is 31.3 Å². The van der Waals surface area contributed by atoms with Gasteiger partial charge in [-0.3, -0.25) is 4.79 Å². The van der Waals surface area contributed by atoms with Crippen LogP contribution in [0.5, 0.6) is 0 Å². The lowest BCUT2D eigenvalue weighted by Crippen LogP contribution is -2.18. The number of ether oxygens (including phenoxy) is 1. The minimum atomic E-state index is -0.678. The van der Waals surface area contributed by atoms with Gasteiger partial charge in [0.15, 0.2) is 0 Å². The second-order valence-electron chi connectivity index (χ2n) is 8.83. The summed E-state index contributed by atoms with van der Waals surface area (Å²) in [6, 6.07) is 0. The molecule has 0 radical (unpaired) electrons. The monoisotopic (exact) mass is 408 g/mol. The summed E-state index contributed by atoms with van der Waals surface area (Å²) in [4.78, 5) is 23.3. The van der Waals surface area contributed by atoms with Crippen molar-refractivity contribution in [2.45, 2.75) is 117 Å². The third-order valence-electron chi connectivity index (χ3n) is 6.16. The summed E-state index contributed by atoms with van der Waals surface area (Å²) in [7, 11) is 0. The lowest BCUT2D eigenvalue weighted by Gasteiger charge is -2.17. The van der Waals surface area contributed by atoms with Crippen LogP contribution in [0.1, 0.15) is 111 Å². The van der Waals surface area contributed by atoms with Gasteiger partial charge in [-0.15, -0.1) is 0 Å². The quantitative estimate of drug-likeness (QED) is 0.144. The fourth-order valence-corrected chi connectivity index (χ4v) is 4.15. The van der Waals surface area contributed by atoms with Gasteiger partial charge in [-0.25, -0.2) is 4.79 Å². The number of hydrogen-bond acceptors (Lipinski definition) is 4. The van der Waals surface area contributed by atoms with Gasteiger partial charge >= 0.3 is 5.97 Å². The van der Waals surface area contributed by atoms with E-state index in [1.807, 2.05) is 6.92 Å². The van der Waals surface area contributed by atoms with Crippen LogP contribution in [0.3, 0.4) is 0 Å². The van der Waals surface area contributed by atoms with E-state index >= 15 is 0 Å². The Labute approximate surface area is 178 Å². The summed E-state index contributed by atoms with van der Waals surface area (Å²) in [5.41, 5.74) is 1.44. The highest BCUT2D eigenvalue weighted by atomic mass is 16.5. The molecule has 4 heteroatoms. The van der Waals surface area contributed by atoms with E-state index in [-0.39, 0.29) is 18.4 Å². The summed E-state index contributed by atoms with van der Waals surface area (Å²) < 4.78 is 4.96. The summed E-state index contributed by atoms with van der Waals surface area (Å²) in [6.45, 7) is 6.95. The molecular weight excluding hydrogens is 364 g/mol. The summed E-state index contributed by atoms with van der Waals surface area (Å²) in [5.74, 6) is -0.0127. The molecule has 1 unspecified atom stereocenters. The Balaban J connectivity index is 2.24. The normalized spacial score (nSPS) is 21.4. The van der Waals surface area contributed by atoms with Gasteiger partial charge in [0.25, 0.3) is 0 Å². The van der Waals surface area contributed by atoms with E-state index in [9.17, 15) is 14.7 Å². The number of rotatable bonds is 16. The number of carbonyl (C=O) groups excluding carboxylic acids is 2. The fraction of sp³-hybridized carbons (Fsp3) is 0.840. The molecule has 0 aromatic heterocycles. The van der Waals surface area contributed by atoms with Crippen LogP contribution in [0.2, 0.25) is 0 Å². The fourth-order valence-electron chi connectivity index (χ4n) is 4.15. The third kappa shape index (κ3) is 11.0. The second-order valence-corrected chi connectivity index (χ2v) is 8.83. The SMILES string of the molecule is CCCCOC(=O)C(=O)CCCCC[C@@H]1C(=CCCC(C)CCCC)CC[C@H]1O. The van der Waals surface area contributed by atoms with Crippen LogP contribution in [-0.2, 0) is 14.3 Å². The maximum Gasteiger partial charge on any atom is 0.374 e. The smallest absolute Gasteiger partial charge is 0.374 e. The highest BCUT2D eigenvalue weighted by Gasteiger charge is 2.29. The van der Waals surface area contributed by atoms with Gasteiger partial charge in [-0.2, -0.15) is 0 Å². The largest absolute Gasteiger partial charge is 0.460 e. The van der Waals surface area contributed by atoms with Crippen molar-refractivity contribution in [3.05, 3.63) is 11.6 Å². The minimum absolute atomic E-state index is 0.214. The van der Waals surface area contributed by atoms with E-state index in [2.05, 4.69) is 19.9 Å². The van der Waals surface area contributed by atoms with Crippen LogP contribution in [0.25, 0.3) is 0 Å². The van der Waals surface area contributed by atoms with Gasteiger partial charge in [0.2, 0.25) is 5.78 Å². The zero-order valence-corrected chi connectivity index (χ0v) is 19.1. The van der Waals surface area contributed by atoms with Crippen molar-refractivity contribution < 1.29 is 19.4 Å². The number of aliphatic hydroxyl groups excluding tert-OH is 1. The van der Waals surface area contributed by atoms with Crippen LogP contribution in [0.15, 0.2) is 11.6 Å². The van der Waals surface area contributed by atoms with Crippen molar-refractivity contribution in [2.75, 3.05) is 6.61 Å². The average molecular weight is 409 g/mol. The number of aliphatic hydroxyl groups is 1. The first-order valence-corrected chi connectivity index (χ1v) is 12.1. The first-order chi connectivity index (χ1) is 14.0. The van der Waals surface area contributed by atoms with Crippen LogP contribution in [0.4, 0.5) is 0 Å². The minimum Gasteiger partial charge on any atom is -0.460 e. The topological polar surface area (TPSA) is 63.6 Å². The number of unbranched alkanes of at least 4 members (excludes halogenated alkanes) is 4. The molecule has 29 heavy (non-hydrogen) atoms. The predicted octanol–water partition coefficient (Wildman–Crippen LogP) is 6.15. The number of allylic oxidation sites excluding steroid dienone is 1. The molecule has 0 spiro atoms. The summed E-state index contributed by atoms with van der Waals surface area (Å²) >= 11 is 0. The van der Waals surface area contributed by atoms with Crippen molar-refractivity contribution in [3.63, 3.8) is 0 Å². The Bertz CT molecular complexity index is 497. The molecule has 168 valence electrons. The average Bonchev–Trinajstić information content (AvgIpc) is 3.05. The maximum atomic E-state index is 11.8. The molecule has 1 aliphatic carbocycles. The molecule has 0 aromatic carbocycles. The number of carbonyl (C=O) groups is 2. The Hall–Kier alpha value is -1.16. The molecule has 0 saturated heterocycles. The zero-order valence-electron chi connectivity index (χ0n) is 19.1. The first kappa shape index (κ1) is 25.9. The van der Waals surface area contributed by atoms with Gasteiger partial charge in [0, 0.05) is 12.3 Å². The van der Waals surface area contributed by atoms with Crippen molar-refractivity contribution in [1.82, 2.24) is 0 Å². The van der Waals surface area contributed by atoms with Crippen LogP contribution < -0.4 is 0 Å². The number of ketones is 1. The standard InChI is InChI=1S/C25H44O4/c1-4-6-12-20(3)13-11-14-21-17-18-23(26)22(21)15-9-8-10-16-24(27)25(28)29-19-7-5-2/h14,20,22-23,26H,4-13,15-19H2,1-3H3/t20?,22-,23-/m1/s1. The van der Waals surface area contributed by atoms with Crippen molar-refractivity contribution in [2.24, 2.45) is 11.8 Å². The van der Waals surface area contributed by atoms with Gasteiger partial charge in [-0.05, 0) is 50.9 Å². The molecule has 0 heterocycles. The molecule has 0 amide bonds. The number of hydrogen-bond donors (Lipinski definition) is 1. The molecule has 1 fully saturated rings. The summed E-state index contributed by atoms with van der Waals surface area (Å²) in [6.07, 6.45) is 16.0. The molecule has 4 nitrogen and oxygen atoms in total. The van der Waals surface area contributed by atoms with E-state index < -0.39 is 11.8 Å². The van der Waals surface area contributed by atoms with Gasteiger partial charge in [-0.1, -0.05) is 70.9 Å². The molecule has 3 atom stereocenters. The maximum absolute atomic E-state index is 11.8. The molecule has 1 saturated carbocycles. The lowest BCUT2D eigenvalue weighted by molar-refractivity contribution is -0.154. The molecule has 0 aromatic rings. The zero-order chi connectivity index (χ0) is 21.5. The van der Waals surface area contributed by atoms with Crippen molar-refractivity contribution in [1.29, 1.82) is 0 Å². The lowest BCUT2D eigenvalue weighted by atomic mass is 9.92. The van der Waals surface area contributed by atoms with E-state index in [4.69, 9.17) is 4.74 Å². The van der Waals surface area contributed by atoms with Crippen molar-refractivity contribution >= 4 is 11.8 Å². The Morgan fingerprint density at radius 2 is 1.86 bits per heavy atom. The van der Waals surface area contributed by atoms with E-state index in [0.717, 1.165) is 63.7 Å². The van der Waals surface area contributed by atoms with Crippen LogP contribution in [-0.4, -0.2) is 29.6 Å². The third-order valence-corrected chi connectivity index (χ3v) is 6.16. The first-order valence-electron chi connectivity index (χ1n) is 12.1. The molecule has 1 rings (SSSR count). The molecule has 1 aliphatic rings. The molecular formula is C25H44O4. The Morgan fingerprint density at radius 1 is 1.10 bits per heavy atom. The summed E-state index contributed by atoms with van der Waals surface area (Å²) in [5, 5.41) is 10.3. The highest BCUT2D eigenvalue weighted by molar-refractivity contribution is 6.33. The van der Waals surface area contributed by atoms with Gasteiger partial charge in [0.05, 0.1) is 12.7 Å². The number of Topliss-reactive ketones (excluding diaryl/α,β-unsaturated/α-hetero) is 1. The van der Waals surface area contributed by atoms with Crippen LogP contribution >= 0.6 is 0 Å². The highest BCUT2D eigenvalue weighted by Crippen LogP contribution is 2.36. The predicted molar refractivity (Wildman–Crippen MR) is 119 cm³/mol. The van der Waals surface area contributed by atoms with E-state index in [1.54, 1.807) is 0 Å². The molecule has 0 aliphatic heterocycles. The van der Waals surface area contributed by atoms with E-state index in [0.29, 0.717) is 6.61 Å². The van der Waals surface area contributed by atoms with Gasteiger partial charge < -0.3 is 9.84 Å². The Morgan fingerprint density at radius 3 is 2.59 bits per heavy atom. The Kier molecular flexibility index (Phi) is 14.0. The second kappa shape index (κ2) is 15.6. The number of esters is 1. The molecule has 1 N–H and O–H groups in total. The van der Waals surface area contributed by atoms with Gasteiger partial charge in [0.1, 0.15) is 0 Å². The van der Waals surface area contributed by atoms with Crippen molar-refractivity contribution in [3.8, 4) is 0 Å². The van der Waals surface area contributed by atoms with Crippen LogP contribution in [0, 0.1) is 11.8 Å².